The third-order valence-electron chi connectivity index (χ3n) is 11.4. The monoisotopic (exact) mass is 650 g/mol. The highest BCUT2D eigenvalue weighted by molar-refractivity contribution is 5.49. The number of hydrogen-bond acceptors (Lipinski definition) is 6. The van der Waals surface area contributed by atoms with Crippen molar-refractivity contribution >= 4 is 0 Å². The molecule has 6 rings (SSSR count). The van der Waals surface area contributed by atoms with Crippen molar-refractivity contribution in [3.8, 4) is 23.0 Å². The first-order valence-corrected chi connectivity index (χ1v) is 17.4. The Morgan fingerprint density at radius 3 is 0.938 bits per heavy atom. The van der Waals surface area contributed by atoms with Crippen LogP contribution in [0.25, 0.3) is 0 Å². The number of phenols is 4. The molecular weight excluding hydrogens is 600 g/mol. The van der Waals surface area contributed by atoms with Crippen molar-refractivity contribution < 1.29 is 29.9 Å². The van der Waals surface area contributed by atoms with Crippen molar-refractivity contribution in [2.45, 2.75) is 102 Å². The van der Waals surface area contributed by atoms with Crippen molar-refractivity contribution in [3.05, 3.63) is 117 Å². The molecule has 4 aromatic rings. The van der Waals surface area contributed by atoms with Crippen LogP contribution in [0.3, 0.4) is 0 Å². The number of benzene rings is 4. The van der Waals surface area contributed by atoms with Gasteiger partial charge in [-0.25, -0.2) is 0 Å². The normalized spacial score (nSPS) is 18.2. The summed E-state index contributed by atoms with van der Waals surface area (Å²) in [5, 5.41) is 40.9. The van der Waals surface area contributed by atoms with E-state index in [9.17, 15) is 20.4 Å². The molecule has 0 radical (unpaired) electrons. The first-order chi connectivity index (χ1) is 23.0. The van der Waals surface area contributed by atoms with Crippen LogP contribution in [0.2, 0.25) is 0 Å². The van der Waals surface area contributed by atoms with Crippen LogP contribution >= 0.6 is 0 Å². The molecule has 0 amide bonds. The van der Waals surface area contributed by atoms with E-state index in [1.807, 2.05) is 52.0 Å². The molecule has 0 bridgehead atoms. The molecule has 2 aliphatic rings. The summed E-state index contributed by atoms with van der Waals surface area (Å²) < 4.78 is 12.8. The zero-order valence-corrected chi connectivity index (χ0v) is 28.8. The Kier molecular flexibility index (Phi) is 9.78. The summed E-state index contributed by atoms with van der Waals surface area (Å²) >= 11 is 0. The average Bonchev–Trinajstić information content (AvgIpc) is 3.09. The van der Waals surface area contributed by atoms with Gasteiger partial charge in [-0.2, -0.15) is 0 Å². The van der Waals surface area contributed by atoms with E-state index in [1.54, 1.807) is 24.3 Å². The fraction of sp³-hybridized carbons (Fsp3) is 0.429. The summed E-state index contributed by atoms with van der Waals surface area (Å²) in [7, 11) is 0. The molecule has 0 atom stereocenters. The Morgan fingerprint density at radius 2 is 0.708 bits per heavy atom. The second-order valence-electron chi connectivity index (χ2n) is 14.3. The molecule has 6 nitrogen and oxygen atoms in total. The third kappa shape index (κ3) is 6.65. The van der Waals surface area contributed by atoms with Gasteiger partial charge in [0.15, 0.2) is 0 Å². The number of ether oxygens (including phenoxy) is 2. The quantitative estimate of drug-likeness (QED) is 0.135. The third-order valence-corrected chi connectivity index (χ3v) is 11.4. The standard InChI is InChI=1S/C42H50O6/c1-27-23-31(5-9-37(27)43)41(32-6-10-38(44)28(2)24-32)17-13-35(14-18-41)47-21-22-48-36-15-19-42(20-16-36,33-7-11-39(45)29(3)25-33)34-8-12-40(46)30(4)26-34/h5-12,23-26,35-36,43-46H,13-22H2,1-4H3. The van der Waals surface area contributed by atoms with Gasteiger partial charge in [-0.1, -0.05) is 48.5 Å². The van der Waals surface area contributed by atoms with Gasteiger partial charge in [0, 0.05) is 10.8 Å². The fourth-order valence-electron chi connectivity index (χ4n) is 8.23. The van der Waals surface area contributed by atoms with Crippen LogP contribution < -0.4 is 0 Å². The summed E-state index contributed by atoms with van der Waals surface area (Å²) in [6, 6.07) is 23.8. The van der Waals surface area contributed by atoms with E-state index < -0.39 is 0 Å². The largest absolute Gasteiger partial charge is 0.508 e. The fourth-order valence-corrected chi connectivity index (χ4v) is 8.23. The summed E-state index contributed by atoms with van der Waals surface area (Å²) in [5.74, 6) is 1.23. The Balaban J connectivity index is 1.06. The molecule has 0 aromatic heterocycles. The summed E-state index contributed by atoms with van der Waals surface area (Å²) in [6.45, 7) is 8.89. The zero-order valence-electron chi connectivity index (χ0n) is 28.8. The summed E-state index contributed by atoms with van der Waals surface area (Å²) in [5.41, 5.74) is 7.87. The molecule has 0 unspecified atom stereocenters. The molecule has 48 heavy (non-hydrogen) atoms. The number of aromatic hydroxyl groups is 4. The molecule has 2 aliphatic carbocycles. The van der Waals surface area contributed by atoms with E-state index in [0.29, 0.717) is 36.2 Å². The Morgan fingerprint density at radius 1 is 0.458 bits per heavy atom. The average molecular weight is 651 g/mol. The van der Waals surface area contributed by atoms with Crippen molar-refractivity contribution in [1.82, 2.24) is 0 Å². The van der Waals surface area contributed by atoms with E-state index in [1.165, 1.54) is 22.3 Å². The van der Waals surface area contributed by atoms with Gasteiger partial charge in [-0.05, 0) is 148 Å². The van der Waals surface area contributed by atoms with Crippen LogP contribution in [0.5, 0.6) is 23.0 Å². The van der Waals surface area contributed by atoms with E-state index in [0.717, 1.165) is 73.6 Å². The highest BCUT2D eigenvalue weighted by atomic mass is 16.5. The molecule has 6 heteroatoms. The number of hydrogen-bond donors (Lipinski definition) is 4. The molecule has 0 spiro atoms. The molecule has 0 aliphatic heterocycles. The minimum atomic E-state index is -0.200. The highest BCUT2D eigenvalue weighted by Gasteiger charge is 2.41. The van der Waals surface area contributed by atoms with Crippen LogP contribution in [0.4, 0.5) is 0 Å². The molecule has 254 valence electrons. The molecule has 2 saturated carbocycles. The van der Waals surface area contributed by atoms with E-state index in [2.05, 4.69) is 24.3 Å². The van der Waals surface area contributed by atoms with Crippen molar-refractivity contribution in [3.63, 3.8) is 0 Å². The number of rotatable bonds is 9. The predicted molar refractivity (Wildman–Crippen MR) is 189 cm³/mol. The van der Waals surface area contributed by atoms with Crippen molar-refractivity contribution in [1.29, 1.82) is 0 Å². The van der Waals surface area contributed by atoms with Gasteiger partial charge in [0.2, 0.25) is 0 Å². The number of aryl methyl sites for hydroxylation is 4. The number of phenolic OH excluding ortho intramolecular Hbond substituents is 4. The lowest BCUT2D eigenvalue weighted by molar-refractivity contribution is -0.0475. The maximum Gasteiger partial charge on any atom is 0.118 e. The van der Waals surface area contributed by atoms with Gasteiger partial charge >= 0.3 is 0 Å². The minimum Gasteiger partial charge on any atom is -0.508 e. The topological polar surface area (TPSA) is 99.4 Å². The van der Waals surface area contributed by atoms with Gasteiger partial charge in [-0.15, -0.1) is 0 Å². The van der Waals surface area contributed by atoms with Gasteiger partial charge in [0.1, 0.15) is 23.0 Å². The van der Waals surface area contributed by atoms with Gasteiger partial charge in [0.25, 0.3) is 0 Å². The molecular formula is C42H50O6. The lowest BCUT2D eigenvalue weighted by atomic mass is 9.64. The molecule has 0 heterocycles. The van der Waals surface area contributed by atoms with Crippen molar-refractivity contribution in [2.75, 3.05) is 13.2 Å². The predicted octanol–water partition coefficient (Wildman–Crippen LogP) is 8.93. The van der Waals surface area contributed by atoms with Gasteiger partial charge in [0.05, 0.1) is 25.4 Å². The highest BCUT2D eigenvalue weighted by Crippen LogP contribution is 2.48. The van der Waals surface area contributed by atoms with E-state index in [-0.39, 0.29) is 23.0 Å². The lowest BCUT2D eigenvalue weighted by Gasteiger charge is -2.42. The van der Waals surface area contributed by atoms with Gasteiger partial charge < -0.3 is 29.9 Å². The van der Waals surface area contributed by atoms with E-state index in [4.69, 9.17) is 9.47 Å². The van der Waals surface area contributed by atoms with Gasteiger partial charge in [-0.3, -0.25) is 0 Å². The summed E-state index contributed by atoms with van der Waals surface area (Å²) in [6.07, 6.45) is 7.69. The summed E-state index contributed by atoms with van der Waals surface area (Å²) in [4.78, 5) is 0. The molecule has 4 N–H and O–H groups in total. The Labute approximate surface area is 285 Å². The van der Waals surface area contributed by atoms with Crippen molar-refractivity contribution in [2.24, 2.45) is 0 Å². The minimum absolute atomic E-state index is 0.160. The first kappa shape index (κ1) is 33.9. The zero-order chi connectivity index (χ0) is 34.1. The second-order valence-corrected chi connectivity index (χ2v) is 14.3. The second kappa shape index (κ2) is 13.9. The van der Waals surface area contributed by atoms with Crippen LogP contribution in [0.1, 0.15) is 95.9 Å². The maximum atomic E-state index is 10.2. The SMILES string of the molecule is Cc1cc(C2(c3ccc(O)c(C)c3)CCC(OCCOC3CCC(c4ccc(O)c(C)c4)(c4ccc(O)c(C)c4)CC3)CC2)ccc1O. The van der Waals surface area contributed by atoms with Crippen LogP contribution in [0, 0.1) is 27.7 Å². The Bertz CT molecular complexity index is 1510. The first-order valence-electron chi connectivity index (χ1n) is 17.4. The Hall–Kier alpha value is -4.00. The molecule has 2 fully saturated rings. The lowest BCUT2D eigenvalue weighted by Crippen LogP contribution is -2.37. The van der Waals surface area contributed by atoms with E-state index >= 15 is 0 Å². The molecule has 0 saturated heterocycles. The van der Waals surface area contributed by atoms with Crippen LogP contribution in [-0.4, -0.2) is 45.8 Å². The van der Waals surface area contributed by atoms with Crippen LogP contribution in [-0.2, 0) is 20.3 Å². The maximum absolute atomic E-state index is 10.2. The smallest absolute Gasteiger partial charge is 0.118 e. The van der Waals surface area contributed by atoms with Crippen LogP contribution in [0.15, 0.2) is 72.8 Å². The molecule has 4 aromatic carbocycles.